The molecule has 0 atom stereocenters. The minimum absolute atomic E-state index is 0.316. The first-order valence-corrected chi connectivity index (χ1v) is 8.39. The highest BCUT2D eigenvalue weighted by Gasteiger charge is 2.16. The van der Waals surface area contributed by atoms with Crippen molar-refractivity contribution in [2.45, 2.75) is 6.92 Å². The second-order valence-corrected chi connectivity index (χ2v) is 6.80. The molecule has 2 heterocycles. The fourth-order valence-electron chi connectivity index (χ4n) is 1.84. The highest BCUT2D eigenvalue weighted by molar-refractivity contribution is 9.10. The Morgan fingerprint density at radius 3 is 2.38 bits per heavy atom. The Kier molecular flexibility index (Phi) is 4.26. The maximum atomic E-state index is 6.30. The van der Waals surface area contributed by atoms with Crippen molar-refractivity contribution in [2.75, 3.05) is 0 Å². The van der Waals surface area contributed by atoms with Crippen molar-refractivity contribution >= 4 is 50.5 Å². The van der Waals surface area contributed by atoms with Gasteiger partial charge in [0, 0.05) is 15.5 Å². The molecular weight excluding hydrogens is 393 g/mol. The summed E-state index contributed by atoms with van der Waals surface area (Å²) < 4.78 is 0.937. The molecule has 3 rings (SSSR count). The van der Waals surface area contributed by atoms with E-state index in [1.54, 1.807) is 0 Å². The summed E-state index contributed by atoms with van der Waals surface area (Å²) in [7, 11) is 0. The molecule has 0 spiro atoms. The van der Waals surface area contributed by atoms with Gasteiger partial charge in [0.25, 0.3) is 0 Å². The summed E-state index contributed by atoms with van der Waals surface area (Å²) in [5.74, 6) is 0.446. The molecule has 2 aromatic heterocycles. The number of hydrogen-bond donors (Lipinski definition) is 0. The largest absolute Gasteiger partial charge is 0.238 e. The minimum atomic E-state index is 0.316. The van der Waals surface area contributed by atoms with E-state index < -0.39 is 0 Å². The minimum Gasteiger partial charge on any atom is -0.238 e. The first kappa shape index (κ1) is 14.9. The van der Waals surface area contributed by atoms with Crippen LogP contribution in [0.4, 0.5) is 0 Å². The van der Waals surface area contributed by atoms with Crippen molar-refractivity contribution in [3.05, 3.63) is 50.1 Å². The summed E-state index contributed by atoms with van der Waals surface area (Å²) in [6, 6.07) is 7.67. The van der Waals surface area contributed by atoms with Crippen LogP contribution < -0.4 is 0 Å². The second-order valence-electron chi connectivity index (χ2n) is 4.31. The third-order valence-corrected chi connectivity index (χ3v) is 4.74. The molecule has 1 aromatic carbocycles. The van der Waals surface area contributed by atoms with Crippen molar-refractivity contribution in [2.24, 2.45) is 0 Å². The lowest BCUT2D eigenvalue weighted by atomic mass is 10.1. The molecular formula is C14H8BrCl2N3S. The Morgan fingerprint density at radius 1 is 1.10 bits per heavy atom. The van der Waals surface area contributed by atoms with E-state index in [1.165, 1.54) is 11.3 Å². The van der Waals surface area contributed by atoms with Gasteiger partial charge in [-0.2, -0.15) is 0 Å². The van der Waals surface area contributed by atoms with E-state index in [0.29, 0.717) is 26.7 Å². The molecule has 0 fully saturated rings. The second kappa shape index (κ2) is 6.01. The van der Waals surface area contributed by atoms with Crippen LogP contribution in [0, 0.1) is 6.92 Å². The van der Waals surface area contributed by atoms with E-state index in [2.05, 4.69) is 30.9 Å². The van der Waals surface area contributed by atoms with E-state index in [-0.39, 0.29) is 0 Å². The molecule has 3 nitrogen and oxygen atoms in total. The lowest BCUT2D eigenvalue weighted by Gasteiger charge is -2.08. The number of nitrogens with zero attached hydrogens (tertiary/aromatic N) is 3. The van der Waals surface area contributed by atoms with Gasteiger partial charge >= 0.3 is 0 Å². The van der Waals surface area contributed by atoms with Gasteiger partial charge in [-0.25, -0.2) is 15.0 Å². The van der Waals surface area contributed by atoms with Crippen LogP contribution in [0.3, 0.4) is 0 Å². The van der Waals surface area contributed by atoms with E-state index in [0.717, 1.165) is 15.7 Å². The Hall–Kier alpha value is -1.01. The standard InChI is InChI=1S/C14H8BrCl2N3S/c1-7-6-21-14(18-7)13-19-11(16)10(12(17)20-13)8-3-2-4-9(15)5-8/h2-6H,1H3. The van der Waals surface area contributed by atoms with E-state index in [4.69, 9.17) is 23.2 Å². The molecule has 0 aliphatic heterocycles. The first-order valence-electron chi connectivity index (χ1n) is 5.96. The van der Waals surface area contributed by atoms with Crippen LogP contribution in [0.2, 0.25) is 10.3 Å². The quantitative estimate of drug-likeness (QED) is 0.522. The number of benzene rings is 1. The molecule has 0 saturated heterocycles. The number of rotatable bonds is 2. The third kappa shape index (κ3) is 3.11. The molecule has 0 unspecified atom stereocenters. The summed E-state index contributed by atoms with van der Waals surface area (Å²) in [4.78, 5) is 13.0. The normalized spacial score (nSPS) is 10.9. The third-order valence-electron chi connectivity index (χ3n) is 2.74. The Bertz CT molecular complexity index is 796. The number of halogens is 3. The predicted octanol–water partition coefficient (Wildman–Crippen LogP) is 5.64. The summed E-state index contributed by atoms with van der Waals surface area (Å²) in [6.07, 6.45) is 0. The maximum Gasteiger partial charge on any atom is 0.191 e. The highest BCUT2D eigenvalue weighted by atomic mass is 79.9. The molecule has 0 radical (unpaired) electrons. The van der Waals surface area contributed by atoms with Gasteiger partial charge in [-0.05, 0) is 24.6 Å². The lowest BCUT2D eigenvalue weighted by Crippen LogP contribution is -1.94. The average molecular weight is 401 g/mol. The van der Waals surface area contributed by atoms with Crippen molar-refractivity contribution < 1.29 is 0 Å². The topological polar surface area (TPSA) is 38.7 Å². The molecule has 106 valence electrons. The zero-order chi connectivity index (χ0) is 15.0. The molecule has 0 N–H and O–H groups in total. The average Bonchev–Trinajstić information content (AvgIpc) is 2.85. The summed E-state index contributed by atoms with van der Waals surface area (Å²) >= 11 is 17.5. The van der Waals surface area contributed by atoms with Crippen LogP contribution >= 0.6 is 50.5 Å². The van der Waals surface area contributed by atoms with Crippen LogP contribution in [0.1, 0.15) is 5.69 Å². The molecule has 0 amide bonds. The van der Waals surface area contributed by atoms with Crippen LogP contribution in [0.15, 0.2) is 34.1 Å². The van der Waals surface area contributed by atoms with E-state index >= 15 is 0 Å². The van der Waals surface area contributed by atoms with Gasteiger partial charge in [-0.15, -0.1) is 11.3 Å². The fourth-order valence-corrected chi connectivity index (χ4v) is 3.58. The fraction of sp³-hybridized carbons (Fsp3) is 0.0714. The molecule has 21 heavy (non-hydrogen) atoms. The predicted molar refractivity (Wildman–Crippen MR) is 91.0 cm³/mol. The van der Waals surface area contributed by atoms with Gasteiger partial charge in [-0.3, -0.25) is 0 Å². The van der Waals surface area contributed by atoms with Crippen LogP contribution in [-0.2, 0) is 0 Å². The maximum absolute atomic E-state index is 6.30. The van der Waals surface area contributed by atoms with Crippen molar-refractivity contribution in [3.63, 3.8) is 0 Å². The first-order chi connectivity index (χ1) is 10.0. The van der Waals surface area contributed by atoms with Crippen LogP contribution in [0.25, 0.3) is 22.0 Å². The SMILES string of the molecule is Cc1csc(-c2nc(Cl)c(-c3cccc(Br)c3)c(Cl)n2)n1. The highest BCUT2D eigenvalue weighted by Crippen LogP contribution is 2.35. The van der Waals surface area contributed by atoms with Gasteiger partial charge in [-0.1, -0.05) is 51.3 Å². The summed E-state index contributed by atoms with van der Waals surface area (Å²) in [5.41, 5.74) is 2.40. The smallest absolute Gasteiger partial charge is 0.191 e. The van der Waals surface area contributed by atoms with Crippen molar-refractivity contribution in [3.8, 4) is 22.0 Å². The van der Waals surface area contributed by atoms with Crippen LogP contribution in [-0.4, -0.2) is 15.0 Å². The Morgan fingerprint density at radius 2 is 1.81 bits per heavy atom. The van der Waals surface area contributed by atoms with Gasteiger partial charge in [0.1, 0.15) is 10.3 Å². The number of aromatic nitrogens is 3. The molecule has 0 aliphatic rings. The number of hydrogen-bond acceptors (Lipinski definition) is 4. The van der Waals surface area contributed by atoms with Gasteiger partial charge < -0.3 is 0 Å². The van der Waals surface area contributed by atoms with E-state index in [9.17, 15) is 0 Å². The zero-order valence-corrected chi connectivity index (χ0v) is 14.7. The van der Waals surface area contributed by atoms with Gasteiger partial charge in [0.2, 0.25) is 0 Å². The van der Waals surface area contributed by atoms with Crippen LogP contribution in [0.5, 0.6) is 0 Å². The summed E-state index contributed by atoms with van der Waals surface area (Å²) in [6.45, 7) is 1.92. The lowest BCUT2D eigenvalue weighted by molar-refractivity contribution is 1.15. The molecule has 0 aliphatic carbocycles. The Labute approximate surface area is 144 Å². The number of aryl methyl sites for hydroxylation is 1. The number of thiazole rings is 1. The van der Waals surface area contributed by atoms with Crippen molar-refractivity contribution in [1.82, 2.24) is 15.0 Å². The van der Waals surface area contributed by atoms with E-state index in [1.807, 2.05) is 36.6 Å². The summed E-state index contributed by atoms with van der Waals surface area (Å²) in [5, 5.41) is 3.27. The molecule has 3 aromatic rings. The van der Waals surface area contributed by atoms with Crippen molar-refractivity contribution in [1.29, 1.82) is 0 Å². The molecule has 0 bridgehead atoms. The monoisotopic (exact) mass is 399 g/mol. The Balaban J connectivity index is 2.12. The molecule has 0 saturated carbocycles. The van der Waals surface area contributed by atoms with Gasteiger partial charge in [0.05, 0.1) is 5.56 Å². The molecule has 7 heteroatoms. The zero-order valence-electron chi connectivity index (χ0n) is 10.8. The van der Waals surface area contributed by atoms with Gasteiger partial charge in [0.15, 0.2) is 10.8 Å².